The van der Waals surface area contributed by atoms with E-state index in [9.17, 15) is 35.9 Å². The third-order valence-corrected chi connectivity index (χ3v) is 7.41. The Balaban J connectivity index is 1.43. The molecular weight excluding hydrogens is 761 g/mol. The molecule has 0 fully saturated rings. The Kier molecular flexibility index (Phi) is 10.1. The Morgan fingerprint density at radius 3 is 2.42 bits per heavy atom. The van der Waals surface area contributed by atoms with Gasteiger partial charge in [0.15, 0.2) is 11.6 Å². The van der Waals surface area contributed by atoms with Crippen molar-refractivity contribution in [1.82, 2.24) is 40.3 Å². The number of halogens is 9. The van der Waals surface area contributed by atoms with Crippen molar-refractivity contribution in [2.75, 3.05) is 0 Å². The van der Waals surface area contributed by atoms with E-state index in [4.69, 9.17) is 23.2 Å². The standard InChI is InChI=1S/C28H17BrCl2F6N8O3/c29-15-8-19(25(47)39-12-14-3-1-4-17(7-14)48-28(35,36)37)18(21(31)9-15)11-23(46)22-10-16(13-44-42-26(40-43-44)27(32,33)34)41-45(22)24-20(30)5-2-6-38-24/h1-10H,11-13H2,(H,39,47). The van der Waals surface area contributed by atoms with Gasteiger partial charge in [-0.15, -0.1) is 23.4 Å². The van der Waals surface area contributed by atoms with E-state index in [0.29, 0.717) is 9.27 Å². The summed E-state index contributed by atoms with van der Waals surface area (Å²) in [6.07, 6.45) is -8.83. The van der Waals surface area contributed by atoms with E-state index >= 15 is 0 Å². The number of nitrogens with one attached hydrogen (secondary N) is 1. The van der Waals surface area contributed by atoms with Crippen LogP contribution in [0.3, 0.4) is 0 Å². The SMILES string of the molecule is O=C(NCc1cccc(OC(F)(F)F)c1)c1cc(Br)cc(Cl)c1CC(=O)c1cc(Cn2nnc(C(F)(F)F)n2)nn1-c1ncccc1Cl. The number of ether oxygens (including phenoxy) is 1. The zero-order valence-corrected chi connectivity index (χ0v) is 26.7. The average molecular weight is 778 g/mol. The molecule has 5 aromatic rings. The minimum atomic E-state index is -4.90. The summed E-state index contributed by atoms with van der Waals surface area (Å²) >= 11 is 16.1. The van der Waals surface area contributed by atoms with Gasteiger partial charge in [0, 0.05) is 34.2 Å². The smallest absolute Gasteiger partial charge is 0.406 e. The number of rotatable bonds is 10. The maximum atomic E-state index is 13.8. The number of benzene rings is 2. The summed E-state index contributed by atoms with van der Waals surface area (Å²) < 4.78 is 82.3. The Morgan fingerprint density at radius 1 is 0.958 bits per heavy atom. The van der Waals surface area contributed by atoms with Crippen LogP contribution < -0.4 is 10.1 Å². The number of amides is 1. The molecule has 0 aliphatic heterocycles. The lowest BCUT2D eigenvalue weighted by atomic mass is 10.00. The molecule has 20 heteroatoms. The van der Waals surface area contributed by atoms with E-state index in [1.165, 1.54) is 48.7 Å². The topological polar surface area (TPSA) is 130 Å². The van der Waals surface area contributed by atoms with Crippen molar-refractivity contribution in [3.05, 3.63) is 109 Å². The summed E-state index contributed by atoms with van der Waals surface area (Å²) in [6, 6.07) is 12.1. The molecule has 11 nitrogen and oxygen atoms in total. The molecule has 5 rings (SSSR count). The number of tetrazole rings is 1. The molecule has 0 aliphatic carbocycles. The van der Waals surface area contributed by atoms with E-state index in [2.05, 4.69) is 51.5 Å². The molecule has 0 bridgehead atoms. The highest BCUT2D eigenvalue weighted by Gasteiger charge is 2.37. The van der Waals surface area contributed by atoms with Crippen LogP contribution in [0.1, 0.15) is 43.5 Å². The molecule has 0 atom stereocenters. The lowest BCUT2D eigenvalue weighted by Crippen LogP contribution is -2.25. The van der Waals surface area contributed by atoms with E-state index in [-0.39, 0.29) is 50.5 Å². The minimum absolute atomic E-state index is 0.0212. The Morgan fingerprint density at radius 2 is 1.73 bits per heavy atom. The zero-order chi connectivity index (χ0) is 34.8. The second kappa shape index (κ2) is 13.9. The van der Waals surface area contributed by atoms with Crippen molar-refractivity contribution in [1.29, 1.82) is 0 Å². The van der Waals surface area contributed by atoms with Crippen LogP contribution >= 0.6 is 39.1 Å². The summed E-state index contributed by atoms with van der Waals surface area (Å²) in [5.74, 6) is -3.27. The summed E-state index contributed by atoms with van der Waals surface area (Å²) in [4.78, 5) is 32.0. The molecule has 0 saturated heterocycles. The highest BCUT2D eigenvalue weighted by Crippen LogP contribution is 2.29. The summed E-state index contributed by atoms with van der Waals surface area (Å²) in [5, 5.41) is 16.7. The molecule has 1 N–H and O–H groups in total. The van der Waals surface area contributed by atoms with E-state index in [1.54, 1.807) is 0 Å². The monoisotopic (exact) mass is 776 g/mol. The second-order valence-corrected chi connectivity index (χ2v) is 11.5. The van der Waals surface area contributed by atoms with Gasteiger partial charge in [0.05, 0.1) is 10.7 Å². The third-order valence-electron chi connectivity index (χ3n) is 6.32. The first-order chi connectivity index (χ1) is 22.6. The van der Waals surface area contributed by atoms with Crippen molar-refractivity contribution in [2.24, 2.45) is 0 Å². The van der Waals surface area contributed by atoms with Gasteiger partial charge in [0.25, 0.3) is 11.7 Å². The lowest BCUT2D eigenvalue weighted by Gasteiger charge is -2.14. The predicted molar refractivity (Wildman–Crippen MR) is 160 cm³/mol. The molecule has 0 spiro atoms. The number of pyridine rings is 1. The fraction of sp³-hybridized carbons (Fsp3) is 0.179. The predicted octanol–water partition coefficient (Wildman–Crippen LogP) is 6.64. The van der Waals surface area contributed by atoms with Crippen LogP contribution in [0.15, 0.2) is 65.3 Å². The lowest BCUT2D eigenvalue weighted by molar-refractivity contribution is -0.274. The molecule has 0 radical (unpaired) electrons. The summed E-state index contributed by atoms with van der Waals surface area (Å²) in [5.41, 5.74) is 0.276. The van der Waals surface area contributed by atoms with Crippen LogP contribution in [0.4, 0.5) is 26.3 Å². The van der Waals surface area contributed by atoms with Crippen molar-refractivity contribution in [2.45, 2.75) is 32.0 Å². The minimum Gasteiger partial charge on any atom is -0.406 e. The fourth-order valence-electron chi connectivity index (χ4n) is 4.34. The third kappa shape index (κ3) is 8.48. The molecule has 2 aromatic carbocycles. The van der Waals surface area contributed by atoms with Crippen LogP contribution in [0.2, 0.25) is 10.0 Å². The molecule has 3 aromatic heterocycles. The molecule has 0 saturated carbocycles. The van der Waals surface area contributed by atoms with Gasteiger partial charge in [0.1, 0.15) is 18.0 Å². The number of hydrogen-bond acceptors (Lipinski definition) is 8. The van der Waals surface area contributed by atoms with Crippen molar-refractivity contribution >= 4 is 50.8 Å². The van der Waals surface area contributed by atoms with Crippen LogP contribution in [0, 0.1) is 0 Å². The number of carbonyl (C=O) groups excluding carboxylic acids is 2. The largest absolute Gasteiger partial charge is 0.573 e. The molecule has 1 amide bonds. The maximum Gasteiger partial charge on any atom is 0.573 e. The van der Waals surface area contributed by atoms with Gasteiger partial charge in [-0.05, 0) is 58.8 Å². The van der Waals surface area contributed by atoms with Gasteiger partial charge >= 0.3 is 12.5 Å². The van der Waals surface area contributed by atoms with Crippen molar-refractivity contribution in [3.8, 4) is 11.6 Å². The molecule has 0 unspecified atom stereocenters. The summed E-state index contributed by atoms with van der Waals surface area (Å²) in [6.45, 7) is -0.616. The first-order valence-corrected chi connectivity index (χ1v) is 14.8. The van der Waals surface area contributed by atoms with Crippen LogP contribution in [0.5, 0.6) is 5.75 Å². The van der Waals surface area contributed by atoms with E-state index in [1.807, 2.05) is 0 Å². The number of Topliss-reactive ketones (excluding diaryl/α,β-unsaturated/α-hetero) is 1. The molecule has 3 heterocycles. The van der Waals surface area contributed by atoms with Crippen LogP contribution in [0.25, 0.3) is 5.82 Å². The number of carbonyl (C=O) groups is 2. The normalized spacial score (nSPS) is 11.9. The Hall–Kier alpha value is -4.55. The number of aromatic nitrogens is 7. The molecule has 48 heavy (non-hydrogen) atoms. The molecule has 0 aliphatic rings. The number of ketones is 1. The first-order valence-electron chi connectivity index (χ1n) is 13.3. The Labute approximate surface area is 283 Å². The van der Waals surface area contributed by atoms with Gasteiger partial charge in [-0.25, -0.2) is 9.67 Å². The molecule has 250 valence electrons. The van der Waals surface area contributed by atoms with E-state index in [0.717, 1.165) is 16.8 Å². The van der Waals surface area contributed by atoms with Crippen molar-refractivity contribution in [3.63, 3.8) is 0 Å². The molecular formula is C28H17BrCl2F6N8O3. The average Bonchev–Trinajstić information content (AvgIpc) is 3.64. The Bertz CT molecular complexity index is 2000. The van der Waals surface area contributed by atoms with Crippen LogP contribution in [-0.4, -0.2) is 53.0 Å². The number of nitrogens with zero attached hydrogens (tertiary/aromatic N) is 7. The van der Waals surface area contributed by atoms with Gasteiger partial charge < -0.3 is 10.1 Å². The fourth-order valence-corrected chi connectivity index (χ4v) is 5.41. The van der Waals surface area contributed by atoms with Gasteiger partial charge in [-0.3, -0.25) is 9.59 Å². The highest BCUT2D eigenvalue weighted by atomic mass is 79.9. The first kappa shape index (κ1) is 34.8. The van der Waals surface area contributed by atoms with Gasteiger partial charge in [-0.2, -0.15) is 23.1 Å². The van der Waals surface area contributed by atoms with Gasteiger partial charge in [0.2, 0.25) is 0 Å². The van der Waals surface area contributed by atoms with Crippen molar-refractivity contribution < 1.29 is 40.7 Å². The number of alkyl halides is 6. The highest BCUT2D eigenvalue weighted by molar-refractivity contribution is 9.10. The quantitative estimate of drug-likeness (QED) is 0.123. The van der Waals surface area contributed by atoms with E-state index < -0.39 is 48.8 Å². The maximum absolute atomic E-state index is 13.8. The zero-order valence-electron chi connectivity index (χ0n) is 23.7. The van der Waals surface area contributed by atoms with Crippen LogP contribution in [-0.2, 0) is 25.7 Å². The summed E-state index contributed by atoms with van der Waals surface area (Å²) in [7, 11) is 0. The number of hydrogen-bond donors (Lipinski definition) is 1. The van der Waals surface area contributed by atoms with Gasteiger partial charge in [-0.1, -0.05) is 51.3 Å². The second-order valence-electron chi connectivity index (χ2n) is 9.77.